The SMILES string of the molecule is C[C@H](c1ccccc1)N1[CH-]C1.[Y]. The minimum Gasteiger partial charge on any atom is -0.474 e. The van der Waals surface area contributed by atoms with Crippen molar-refractivity contribution in [1.29, 1.82) is 0 Å². The Morgan fingerprint density at radius 1 is 1.33 bits per heavy atom. The van der Waals surface area contributed by atoms with Crippen molar-refractivity contribution in [3.63, 3.8) is 0 Å². The third kappa shape index (κ3) is 2.38. The molecule has 0 bridgehead atoms. The molecule has 1 aromatic carbocycles. The molecular weight excluding hydrogens is 223 g/mol. The molecular formula is C10H12NY-. The van der Waals surface area contributed by atoms with Crippen molar-refractivity contribution in [2.24, 2.45) is 0 Å². The maximum atomic E-state index is 2.33. The van der Waals surface area contributed by atoms with Gasteiger partial charge in [-0.15, -0.1) is 6.54 Å². The summed E-state index contributed by atoms with van der Waals surface area (Å²) in [7, 11) is 0. The van der Waals surface area contributed by atoms with Gasteiger partial charge in [0.15, 0.2) is 0 Å². The average molecular weight is 235 g/mol. The van der Waals surface area contributed by atoms with E-state index in [1.807, 2.05) is 0 Å². The Morgan fingerprint density at radius 3 is 2.42 bits per heavy atom. The molecule has 1 nitrogen and oxygen atoms in total. The van der Waals surface area contributed by atoms with Crippen LogP contribution >= 0.6 is 0 Å². The monoisotopic (exact) mass is 235 g/mol. The molecule has 1 heterocycles. The van der Waals surface area contributed by atoms with Crippen molar-refractivity contribution in [3.05, 3.63) is 42.4 Å². The zero-order valence-electron chi connectivity index (χ0n) is 7.27. The minimum atomic E-state index is 0. The molecule has 61 valence electrons. The van der Waals surface area contributed by atoms with Crippen LogP contribution in [0.5, 0.6) is 0 Å². The Hall–Kier alpha value is 0.284. The summed E-state index contributed by atoms with van der Waals surface area (Å²) in [5, 5.41) is 0. The van der Waals surface area contributed by atoms with Crippen LogP contribution in [0.25, 0.3) is 0 Å². The molecule has 1 fully saturated rings. The van der Waals surface area contributed by atoms with Gasteiger partial charge in [0.1, 0.15) is 0 Å². The number of benzene rings is 1. The maximum Gasteiger partial charge on any atom is 0.00285 e. The van der Waals surface area contributed by atoms with Crippen LogP contribution in [0.1, 0.15) is 18.5 Å². The molecule has 2 atom stereocenters. The van der Waals surface area contributed by atoms with Crippen LogP contribution in [0.3, 0.4) is 0 Å². The van der Waals surface area contributed by atoms with Gasteiger partial charge in [-0.1, -0.05) is 30.3 Å². The summed E-state index contributed by atoms with van der Waals surface area (Å²) >= 11 is 0. The zero-order valence-corrected chi connectivity index (χ0v) is 10.1. The molecule has 1 radical (unpaired) electrons. The Kier molecular flexibility index (Phi) is 3.89. The molecule has 1 saturated heterocycles. The summed E-state index contributed by atoms with van der Waals surface area (Å²) < 4.78 is 0. The van der Waals surface area contributed by atoms with Gasteiger partial charge < -0.3 is 4.90 Å². The quantitative estimate of drug-likeness (QED) is 0.561. The van der Waals surface area contributed by atoms with Crippen LogP contribution in [0.2, 0.25) is 0 Å². The van der Waals surface area contributed by atoms with Crippen LogP contribution in [-0.4, -0.2) is 11.4 Å². The molecule has 0 amide bonds. The number of hydrogen-bond acceptors (Lipinski definition) is 1. The van der Waals surface area contributed by atoms with E-state index in [4.69, 9.17) is 0 Å². The molecule has 2 rings (SSSR count). The third-order valence-electron chi connectivity index (χ3n) is 2.17. The van der Waals surface area contributed by atoms with Crippen LogP contribution in [0, 0.1) is 6.54 Å². The fourth-order valence-corrected chi connectivity index (χ4v) is 1.29. The molecule has 12 heavy (non-hydrogen) atoms. The molecule has 0 N–H and O–H groups in total. The molecule has 1 aliphatic rings. The van der Waals surface area contributed by atoms with Crippen LogP contribution in [0.4, 0.5) is 0 Å². The predicted molar refractivity (Wildman–Crippen MR) is 45.9 cm³/mol. The second-order valence-corrected chi connectivity index (χ2v) is 2.97. The molecule has 0 spiro atoms. The Morgan fingerprint density at radius 2 is 1.92 bits per heavy atom. The van der Waals surface area contributed by atoms with Crippen molar-refractivity contribution in [2.75, 3.05) is 6.54 Å². The van der Waals surface area contributed by atoms with Crippen molar-refractivity contribution in [3.8, 4) is 0 Å². The average Bonchev–Trinajstić information content (AvgIpc) is 2.87. The standard InChI is InChI=1S/C10H12N.Y/c1-9(11-7-8-11)10-5-3-2-4-6-10;/h2-7,9H,8H2,1H3;/q-1;/t9-,11?;/m1./s1. The van der Waals surface area contributed by atoms with E-state index in [0.717, 1.165) is 6.54 Å². The number of hydrogen-bond donors (Lipinski definition) is 0. The summed E-state index contributed by atoms with van der Waals surface area (Å²) in [5.74, 6) is 0. The smallest absolute Gasteiger partial charge is 0.00285 e. The maximum absolute atomic E-state index is 2.33. The van der Waals surface area contributed by atoms with E-state index in [1.54, 1.807) is 0 Å². The summed E-state index contributed by atoms with van der Waals surface area (Å²) in [6, 6.07) is 11.2. The Balaban J connectivity index is 0.000000720. The van der Waals surface area contributed by atoms with E-state index in [-0.39, 0.29) is 32.7 Å². The molecule has 1 aromatic rings. The molecule has 0 aliphatic carbocycles. The van der Waals surface area contributed by atoms with Crippen molar-refractivity contribution < 1.29 is 32.7 Å². The first-order valence-electron chi connectivity index (χ1n) is 4.02. The first-order valence-corrected chi connectivity index (χ1v) is 4.02. The topological polar surface area (TPSA) is 3.01 Å². The van der Waals surface area contributed by atoms with E-state index >= 15 is 0 Å². The normalized spacial score (nSPS) is 22.6. The van der Waals surface area contributed by atoms with E-state index < -0.39 is 0 Å². The van der Waals surface area contributed by atoms with Gasteiger partial charge in [-0.25, -0.2) is 0 Å². The van der Waals surface area contributed by atoms with Gasteiger partial charge in [-0.2, -0.15) is 0 Å². The predicted octanol–water partition coefficient (Wildman–Crippen LogP) is 2.22. The fraction of sp³-hybridized carbons (Fsp3) is 0.300. The van der Waals surface area contributed by atoms with Crippen molar-refractivity contribution in [2.45, 2.75) is 13.0 Å². The first kappa shape index (κ1) is 10.4. The summed E-state index contributed by atoms with van der Waals surface area (Å²) in [5.41, 5.74) is 1.40. The molecule has 0 saturated carbocycles. The van der Waals surface area contributed by atoms with Crippen LogP contribution < -0.4 is 0 Å². The van der Waals surface area contributed by atoms with Gasteiger partial charge >= 0.3 is 0 Å². The Labute approximate surface area is 99.0 Å². The van der Waals surface area contributed by atoms with Gasteiger partial charge in [0, 0.05) is 38.8 Å². The van der Waals surface area contributed by atoms with Crippen LogP contribution in [0.15, 0.2) is 30.3 Å². The van der Waals surface area contributed by atoms with Gasteiger partial charge in [0.2, 0.25) is 0 Å². The second-order valence-electron chi connectivity index (χ2n) is 2.97. The van der Waals surface area contributed by atoms with E-state index in [2.05, 4.69) is 48.7 Å². The molecule has 0 aromatic heterocycles. The van der Waals surface area contributed by atoms with Crippen molar-refractivity contribution in [1.82, 2.24) is 4.90 Å². The zero-order chi connectivity index (χ0) is 7.68. The van der Waals surface area contributed by atoms with Gasteiger partial charge in [0.05, 0.1) is 0 Å². The summed E-state index contributed by atoms with van der Waals surface area (Å²) in [6.07, 6.45) is 0. The Bertz CT molecular complexity index is 231. The minimum absolute atomic E-state index is 0. The molecule has 2 heteroatoms. The fourth-order valence-electron chi connectivity index (χ4n) is 1.29. The van der Waals surface area contributed by atoms with E-state index in [1.165, 1.54) is 5.56 Å². The summed E-state index contributed by atoms with van der Waals surface area (Å²) in [6.45, 7) is 5.60. The third-order valence-corrected chi connectivity index (χ3v) is 2.17. The van der Waals surface area contributed by atoms with E-state index in [9.17, 15) is 0 Å². The molecule has 1 aliphatic heterocycles. The summed E-state index contributed by atoms with van der Waals surface area (Å²) in [4.78, 5) is 2.33. The first-order chi connectivity index (χ1) is 5.38. The van der Waals surface area contributed by atoms with E-state index in [0.29, 0.717) is 6.04 Å². The van der Waals surface area contributed by atoms with Gasteiger partial charge in [0.25, 0.3) is 0 Å². The number of nitrogens with zero attached hydrogens (tertiary/aromatic N) is 1. The second kappa shape index (κ2) is 4.50. The largest absolute Gasteiger partial charge is 0.474 e. The van der Waals surface area contributed by atoms with Gasteiger partial charge in [-0.05, 0) is 12.5 Å². The molecule has 1 unspecified atom stereocenters. The number of rotatable bonds is 2. The van der Waals surface area contributed by atoms with Gasteiger partial charge in [-0.3, -0.25) is 6.54 Å². The van der Waals surface area contributed by atoms with Crippen LogP contribution in [-0.2, 0) is 32.7 Å². The van der Waals surface area contributed by atoms with Crippen molar-refractivity contribution >= 4 is 0 Å².